The fourth-order valence-corrected chi connectivity index (χ4v) is 8.68. The predicted molar refractivity (Wildman–Crippen MR) is 128 cm³/mol. The molecule has 170 valence electrons. The van der Waals surface area contributed by atoms with E-state index >= 15 is 0 Å². The monoisotopic (exact) mass is 412 g/mol. The van der Waals surface area contributed by atoms with Crippen LogP contribution in [0.15, 0.2) is 23.8 Å². The Kier molecular flexibility index (Phi) is 6.35. The molecule has 30 heavy (non-hydrogen) atoms. The van der Waals surface area contributed by atoms with Crippen molar-refractivity contribution in [2.45, 2.75) is 105 Å². The molecule has 0 amide bonds. The van der Waals surface area contributed by atoms with E-state index in [4.69, 9.17) is 0 Å². The quantitative estimate of drug-likeness (QED) is 0.457. The predicted octanol–water partition coefficient (Wildman–Crippen LogP) is 7.80. The van der Waals surface area contributed by atoms with Crippen LogP contribution in [-0.2, 0) is 0 Å². The van der Waals surface area contributed by atoms with Crippen LogP contribution in [0.2, 0.25) is 0 Å². The van der Waals surface area contributed by atoms with Gasteiger partial charge in [-0.3, -0.25) is 0 Å². The van der Waals surface area contributed by atoms with Crippen molar-refractivity contribution in [3.63, 3.8) is 0 Å². The van der Waals surface area contributed by atoms with Gasteiger partial charge in [0.15, 0.2) is 0 Å². The minimum Gasteiger partial charge on any atom is -0.393 e. The van der Waals surface area contributed by atoms with E-state index in [-0.39, 0.29) is 6.10 Å². The van der Waals surface area contributed by atoms with E-state index < -0.39 is 0 Å². The van der Waals surface area contributed by atoms with Gasteiger partial charge in [0.2, 0.25) is 0 Å². The van der Waals surface area contributed by atoms with Crippen LogP contribution in [0.4, 0.5) is 0 Å². The Hall–Kier alpha value is -0.560. The second-order valence-corrected chi connectivity index (χ2v) is 12.5. The fraction of sp³-hybridized carbons (Fsp3) is 0.862. The van der Waals surface area contributed by atoms with Crippen molar-refractivity contribution in [2.24, 2.45) is 52.3 Å². The molecule has 0 radical (unpaired) electrons. The summed E-state index contributed by atoms with van der Waals surface area (Å²) in [4.78, 5) is 0. The molecular formula is C29H48O. The lowest BCUT2D eigenvalue weighted by molar-refractivity contribution is -0.0414. The highest BCUT2D eigenvalue weighted by Crippen LogP contribution is 2.66. The maximum absolute atomic E-state index is 10.3. The van der Waals surface area contributed by atoms with Gasteiger partial charge in [0.1, 0.15) is 0 Å². The molecule has 0 aromatic heterocycles. The first-order valence-electron chi connectivity index (χ1n) is 13.3. The minimum atomic E-state index is -0.0480. The minimum absolute atomic E-state index is 0.0480. The number of fused-ring (bicyclic) bond motifs is 5. The SMILES string of the molecule is CCC(C=C[C@@H](C)[C@H]1CC[C@H]2C3=CCC4C[C@@H](O)CC[C@]4(C)[C@H]3CC[C@]12C)C(C)C. The van der Waals surface area contributed by atoms with E-state index in [1.807, 2.05) is 5.57 Å². The summed E-state index contributed by atoms with van der Waals surface area (Å²) in [6.07, 6.45) is 19.2. The Morgan fingerprint density at radius 2 is 1.70 bits per heavy atom. The van der Waals surface area contributed by atoms with Crippen molar-refractivity contribution < 1.29 is 5.11 Å². The van der Waals surface area contributed by atoms with Gasteiger partial charge < -0.3 is 5.11 Å². The molecule has 9 atom stereocenters. The second-order valence-electron chi connectivity index (χ2n) is 12.5. The summed E-state index contributed by atoms with van der Waals surface area (Å²) in [5, 5.41) is 10.3. The maximum atomic E-state index is 10.3. The van der Waals surface area contributed by atoms with Gasteiger partial charge in [-0.1, -0.05) is 65.3 Å². The summed E-state index contributed by atoms with van der Waals surface area (Å²) < 4.78 is 0. The lowest BCUT2D eigenvalue weighted by atomic mass is 9.47. The topological polar surface area (TPSA) is 20.2 Å². The van der Waals surface area contributed by atoms with Crippen LogP contribution in [0, 0.1) is 52.3 Å². The van der Waals surface area contributed by atoms with E-state index in [1.165, 1.54) is 44.9 Å². The highest BCUT2D eigenvalue weighted by Gasteiger charge is 2.57. The van der Waals surface area contributed by atoms with Crippen LogP contribution in [0.3, 0.4) is 0 Å². The number of aliphatic hydroxyl groups is 1. The number of aliphatic hydroxyl groups excluding tert-OH is 1. The first kappa shape index (κ1) is 22.6. The Morgan fingerprint density at radius 1 is 1.00 bits per heavy atom. The Bertz CT molecular complexity index is 674. The van der Waals surface area contributed by atoms with Gasteiger partial charge in [-0.15, -0.1) is 0 Å². The summed E-state index contributed by atoms with van der Waals surface area (Å²) in [6.45, 7) is 14.8. The Balaban J connectivity index is 1.53. The van der Waals surface area contributed by atoms with Gasteiger partial charge >= 0.3 is 0 Å². The lowest BCUT2D eigenvalue weighted by Crippen LogP contribution is -2.49. The zero-order chi connectivity index (χ0) is 21.7. The number of hydrogen-bond acceptors (Lipinski definition) is 1. The molecule has 0 spiro atoms. The average Bonchev–Trinajstić information content (AvgIpc) is 3.06. The molecule has 3 fully saturated rings. The molecule has 3 saturated carbocycles. The smallest absolute Gasteiger partial charge is 0.0543 e. The third-order valence-corrected chi connectivity index (χ3v) is 10.7. The Morgan fingerprint density at radius 3 is 2.40 bits per heavy atom. The normalized spacial score (nSPS) is 45.6. The third-order valence-electron chi connectivity index (χ3n) is 10.7. The molecule has 0 saturated heterocycles. The third kappa shape index (κ3) is 3.66. The number of hydrogen-bond donors (Lipinski definition) is 1. The highest BCUT2D eigenvalue weighted by molar-refractivity contribution is 5.28. The van der Waals surface area contributed by atoms with Crippen LogP contribution < -0.4 is 0 Å². The Labute approximate surface area is 186 Å². The molecule has 0 bridgehead atoms. The van der Waals surface area contributed by atoms with E-state index in [2.05, 4.69) is 59.8 Å². The zero-order valence-corrected chi connectivity index (χ0v) is 20.7. The van der Waals surface area contributed by atoms with Crippen molar-refractivity contribution in [1.29, 1.82) is 0 Å². The highest BCUT2D eigenvalue weighted by atomic mass is 16.3. The lowest BCUT2D eigenvalue weighted by Gasteiger charge is -2.57. The maximum Gasteiger partial charge on any atom is 0.0543 e. The standard InChI is InChI=1S/C29H48O/c1-7-21(19(2)3)9-8-20(4)25-12-13-26-24-11-10-22-18-23(30)14-16-28(22,5)27(24)15-17-29(25,26)6/h8-9,11,19-23,25-27,30H,7,10,12-18H2,1-6H3/t20-,21?,22?,23+,25-,26+,27+,28+,29-/m1/s1. The van der Waals surface area contributed by atoms with Crippen LogP contribution in [0.25, 0.3) is 0 Å². The molecule has 0 heterocycles. The largest absolute Gasteiger partial charge is 0.393 e. The second kappa shape index (κ2) is 8.42. The average molecular weight is 413 g/mol. The van der Waals surface area contributed by atoms with Crippen molar-refractivity contribution in [2.75, 3.05) is 0 Å². The molecule has 1 N–H and O–H groups in total. The van der Waals surface area contributed by atoms with Crippen LogP contribution in [0.5, 0.6) is 0 Å². The van der Waals surface area contributed by atoms with Gasteiger partial charge in [-0.05, 0) is 110 Å². The summed E-state index contributed by atoms with van der Waals surface area (Å²) in [6, 6.07) is 0. The summed E-state index contributed by atoms with van der Waals surface area (Å²) in [5.41, 5.74) is 2.79. The first-order chi connectivity index (χ1) is 14.2. The van der Waals surface area contributed by atoms with Crippen LogP contribution in [-0.4, -0.2) is 11.2 Å². The number of allylic oxidation sites excluding steroid dienone is 4. The van der Waals surface area contributed by atoms with Crippen molar-refractivity contribution >= 4 is 0 Å². The van der Waals surface area contributed by atoms with E-state index in [1.54, 1.807) is 0 Å². The fourth-order valence-electron chi connectivity index (χ4n) is 8.68. The summed E-state index contributed by atoms with van der Waals surface area (Å²) >= 11 is 0. The molecule has 0 aliphatic heterocycles. The van der Waals surface area contributed by atoms with E-state index in [0.29, 0.717) is 22.7 Å². The van der Waals surface area contributed by atoms with E-state index in [0.717, 1.165) is 42.4 Å². The van der Waals surface area contributed by atoms with Gasteiger partial charge in [0, 0.05) is 0 Å². The van der Waals surface area contributed by atoms with Crippen molar-refractivity contribution in [1.82, 2.24) is 0 Å². The molecule has 2 unspecified atom stereocenters. The first-order valence-corrected chi connectivity index (χ1v) is 13.3. The van der Waals surface area contributed by atoms with Crippen LogP contribution >= 0.6 is 0 Å². The van der Waals surface area contributed by atoms with Gasteiger partial charge in [0.25, 0.3) is 0 Å². The molecule has 1 heteroatoms. The molecule has 0 aromatic rings. The molecular weight excluding hydrogens is 364 g/mol. The van der Waals surface area contributed by atoms with Crippen molar-refractivity contribution in [3.05, 3.63) is 23.8 Å². The van der Waals surface area contributed by atoms with Gasteiger partial charge in [-0.2, -0.15) is 0 Å². The molecule has 0 aromatic carbocycles. The van der Waals surface area contributed by atoms with Crippen LogP contribution in [0.1, 0.15) is 99.3 Å². The van der Waals surface area contributed by atoms with Crippen molar-refractivity contribution in [3.8, 4) is 0 Å². The number of rotatable bonds is 5. The van der Waals surface area contributed by atoms with Gasteiger partial charge in [-0.25, -0.2) is 0 Å². The molecule has 1 nitrogen and oxygen atoms in total. The van der Waals surface area contributed by atoms with E-state index in [9.17, 15) is 5.11 Å². The summed E-state index contributed by atoms with van der Waals surface area (Å²) in [5.74, 6) is 5.32. The molecule has 4 aliphatic rings. The van der Waals surface area contributed by atoms with Gasteiger partial charge in [0.05, 0.1) is 6.10 Å². The zero-order valence-electron chi connectivity index (χ0n) is 20.7. The molecule has 4 aliphatic carbocycles. The summed E-state index contributed by atoms with van der Waals surface area (Å²) in [7, 11) is 0. The molecule has 4 rings (SSSR count).